The van der Waals surface area contributed by atoms with E-state index in [0.717, 1.165) is 39.0 Å². The van der Waals surface area contributed by atoms with Gasteiger partial charge < -0.3 is 15.3 Å². The molecule has 0 spiro atoms. The number of nitrogens with one attached hydrogen (secondary N) is 1. The van der Waals surface area contributed by atoms with Crippen LogP contribution in [-0.2, 0) is 6.54 Å². The zero-order valence-corrected chi connectivity index (χ0v) is 13.1. The third-order valence-electron chi connectivity index (χ3n) is 4.03. The Kier molecular flexibility index (Phi) is 5.06. The molecule has 0 aliphatic carbocycles. The molecule has 0 aromatic heterocycles. The Bertz CT molecular complexity index is 443. The molecule has 0 bridgehead atoms. The van der Waals surface area contributed by atoms with Crippen molar-refractivity contribution in [3.8, 4) is 0 Å². The quantitative estimate of drug-likeness (QED) is 0.812. The molecule has 20 heavy (non-hydrogen) atoms. The van der Waals surface area contributed by atoms with Gasteiger partial charge in [-0.2, -0.15) is 0 Å². The highest BCUT2D eigenvalue weighted by Crippen LogP contribution is 2.28. The lowest BCUT2D eigenvalue weighted by Crippen LogP contribution is -2.46. The number of aryl methyl sites for hydroxylation is 1. The normalized spacial score (nSPS) is 23.1. The van der Waals surface area contributed by atoms with Gasteiger partial charge >= 0.3 is 0 Å². The number of benzene rings is 1. The summed E-state index contributed by atoms with van der Waals surface area (Å²) in [4.78, 5) is 2.32. The van der Waals surface area contributed by atoms with Gasteiger partial charge in [0.05, 0.1) is 5.60 Å². The van der Waals surface area contributed by atoms with E-state index >= 15 is 0 Å². The molecule has 3 nitrogen and oxygen atoms in total. The zero-order valence-electron chi connectivity index (χ0n) is 13.1. The predicted molar refractivity (Wildman–Crippen MR) is 85.2 cm³/mol. The molecule has 0 radical (unpaired) electrons. The second-order valence-electron chi connectivity index (χ2n) is 6.32. The first-order chi connectivity index (χ1) is 9.52. The fraction of sp³-hybridized carbons (Fsp3) is 0.647. The van der Waals surface area contributed by atoms with Gasteiger partial charge in [-0.05, 0) is 56.8 Å². The molecule has 2 rings (SSSR count). The highest BCUT2D eigenvalue weighted by atomic mass is 16.3. The summed E-state index contributed by atoms with van der Waals surface area (Å²) in [6.07, 6.45) is 3.13. The van der Waals surface area contributed by atoms with E-state index < -0.39 is 5.60 Å². The van der Waals surface area contributed by atoms with Crippen LogP contribution in [0.4, 0.5) is 5.69 Å². The summed E-state index contributed by atoms with van der Waals surface area (Å²) in [5, 5.41) is 13.7. The third kappa shape index (κ3) is 3.97. The van der Waals surface area contributed by atoms with Crippen LogP contribution in [0, 0.1) is 6.92 Å². The molecule has 112 valence electrons. The Balaban J connectivity index is 2.05. The van der Waals surface area contributed by atoms with E-state index in [2.05, 4.69) is 42.3 Å². The Morgan fingerprint density at radius 1 is 1.40 bits per heavy atom. The first-order valence-electron chi connectivity index (χ1n) is 7.79. The fourth-order valence-electron chi connectivity index (χ4n) is 3.02. The molecule has 1 saturated heterocycles. The van der Waals surface area contributed by atoms with Crippen LogP contribution >= 0.6 is 0 Å². The van der Waals surface area contributed by atoms with Gasteiger partial charge in [0.2, 0.25) is 0 Å². The molecule has 3 heteroatoms. The molecule has 0 saturated carbocycles. The summed E-state index contributed by atoms with van der Waals surface area (Å²) in [5.74, 6) is 0. The van der Waals surface area contributed by atoms with Crippen molar-refractivity contribution >= 4 is 5.69 Å². The number of hydrogen-bond acceptors (Lipinski definition) is 3. The maximum Gasteiger partial charge on any atom is 0.0794 e. The first-order valence-corrected chi connectivity index (χ1v) is 7.79. The maximum atomic E-state index is 10.2. The van der Waals surface area contributed by atoms with E-state index in [1.807, 2.05) is 6.92 Å². The number of anilines is 1. The molecule has 1 atom stereocenters. The van der Waals surface area contributed by atoms with E-state index in [0.29, 0.717) is 0 Å². The monoisotopic (exact) mass is 276 g/mol. The van der Waals surface area contributed by atoms with E-state index in [9.17, 15) is 5.11 Å². The number of aliphatic hydroxyl groups is 1. The van der Waals surface area contributed by atoms with Crippen LogP contribution in [0.3, 0.4) is 0 Å². The standard InChI is InChI=1S/C17H28N2O/c1-4-9-18-12-15-6-7-16(14(2)11-15)19-10-5-8-17(3,20)13-19/h6-7,11,18,20H,4-5,8-10,12-13H2,1-3H3. The van der Waals surface area contributed by atoms with Crippen LogP contribution in [0.25, 0.3) is 0 Å². The lowest BCUT2D eigenvalue weighted by molar-refractivity contribution is 0.0449. The van der Waals surface area contributed by atoms with E-state index in [1.54, 1.807) is 0 Å². The van der Waals surface area contributed by atoms with Crippen molar-refractivity contribution < 1.29 is 5.11 Å². The predicted octanol–water partition coefficient (Wildman–Crippen LogP) is 2.85. The summed E-state index contributed by atoms with van der Waals surface area (Å²) >= 11 is 0. The maximum absolute atomic E-state index is 10.2. The number of nitrogens with zero attached hydrogens (tertiary/aromatic N) is 1. The average Bonchev–Trinajstić information content (AvgIpc) is 2.38. The number of β-amino-alcohol motifs (C(OH)–C–C–N with tert-alkyl or cyclic N) is 1. The summed E-state index contributed by atoms with van der Waals surface area (Å²) in [7, 11) is 0. The molecule has 2 N–H and O–H groups in total. The van der Waals surface area contributed by atoms with Crippen molar-refractivity contribution in [3.63, 3.8) is 0 Å². The van der Waals surface area contributed by atoms with Crippen LogP contribution in [0.2, 0.25) is 0 Å². The molecular formula is C17H28N2O. The van der Waals surface area contributed by atoms with Crippen molar-refractivity contribution in [2.75, 3.05) is 24.5 Å². The number of rotatable bonds is 5. The van der Waals surface area contributed by atoms with Gasteiger partial charge in [-0.1, -0.05) is 19.1 Å². The Morgan fingerprint density at radius 2 is 2.20 bits per heavy atom. The Labute approximate surface area is 123 Å². The van der Waals surface area contributed by atoms with Gasteiger partial charge in [-0.25, -0.2) is 0 Å². The summed E-state index contributed by atoms with van der Waals surface area (Å²) in [6, 6.07) is 6.68. The highest BCUT2D eigenvalue weighted by Gasteiger charge is 2.28. The largest absolute Gasteiger partial charge is 0.388 e. The molecule has 1 heterocycles. The first kappa shape index (κ1) is 15.3. The summed E-state index contributed by atoms with van der Waals surface area (Å²) in [5.41, 5.74) is 3.36. The van der Waals surface area contributed by atoms with Crippen LogP contribution in [0.5, 0.6) is 0 Å². The van der Waals surface area contributed by atoms with Crippen molar-refractivity contribution in [2.24, 2.45) is 0 Å². The molecular weight excluding hydrogens is 248 g/mol. The van der Waals surface area contributed by atoms with Crippen LogP contribution in [0.1, 0.15) is 44.2 Å². The SMILES string of the molecule is CCCNCc1ccc(N2CCCC(C)(O)C2)c(C)c1. The molecule has 1 aliphatic heterocycles. The van der Waals surface area contributed by atoms with Crippen molar-refractivity contribution in [1.29, 1.82) is 0 Å². The van der Waals surface area contributed by atoms with E-state index in [1.165, 1.54) is 23.2 Å². The van der Waals surface area contributed by atoms with Gasteiger partial charge in [-0.15, -0.1) is 0 Å². The molecule has 1 aromatic rings. The van der Waals surface area contributed by atoms with Crippen LogP contribution in [0.15, 0.2) is 18.2 Å². The van der Waals surface area contributed by atoms with E-state index in [-0.39, 0.29) is 0 Å². The minimum Gasteiger partial charge on any atom is -0.388 e. The third-order valence-corrected chi connectivity index (χ3v) is 4.03. The smallest absolute Gasteiger partial charge is 0.0794 e. The van der Waals surface area contributed by atoms with Crippen LogP contribution < -0.4 is 10.2 Å². The highest BCUT2D eigenvalue weighted by molar-refractivity contribution is 5.55. The van der Waals surface area contributed by atoms with Crippen molar-refractivity contribution in [3.05, 3.63) is 29.3 Å². The van der Waals surface area contributed by atoms with Gasteiger partial charge in [-0.3, -0.25) is 0 Å². The number of piperidine rings is 1. The average molecular weight is 276 g/mol. The number of hydrogen-bond donors (Lipinski definition) is 2. The molecule has 0 amide bonds. The van der Waals surface area contributed by atoms with Crippen molar-refractivity contribution in [2.45, 2.75) is 52.2 Å². The second kappa shape index (κ2) is 6.59. The molecule has 1 fully saturated rings. The van der Waals surface area contributed by atoms with Gasteiger partial charge in [0.1, 0.15) is 0 Å². The van der Waals surface area contributed by atoms with Gasteiger partial charge in [0.25, 0.3) is 0 Å². The minimum atomic E-state index is -0.550. The van der Waals surface area contributed by atoms with E-state index in [4.69, 9.17) is 0 Å². The minimum absolute atomic E-state index is 0.550. The molecule has 1 aliphatic rings. The fourth-order valence-corrected chi connectivity index (χ4v) is 3.02. The lowest BCUT2D eigenvalue weighted by atomic mass is 9.94. The summed E-state index contributed by atoms with van der Waals surface area (Å²) < 4.78 is 0. The van der Waals surface area contributed by atoms with Crippen LogP contribution in [-0.4, -0.2) is 30.3 Å². The Hall–Kier alpha value is -1.06. The van der Waals surface area contributed by atoms with Crippen molar-refractivity contribution in [1.82, 2.24) is 5.32 Å². The lowest BCUT2D eigenvalue weighted by Gasteiger charge is -2.39. The zero-order chi connectivity index (χ0) is 14.6. The molecule has 1 unspecified atom stereocenters. The topological polar surface area (TPSA) is 35.5 Å². The van der Waals surface area contributed by atoms with Gasteiger partial charge in [0, 0.05) is 25.3 Å². The summed E-state index contributed by atoms with van der Waals surface area (Å²) in [6.45, 7) is 10.1. The van der Waals surface area contributed by atoms with Gasteiger partial charge in [0.15, 0.2) is 0 Å². The Morgan fingerprint density at radius 3 is 2.85 bits per heavy atom. The second-order valence-corrected chi connectivity index (χ2v) is 6.32. The molecule has 1 aromatic carbocycles.